The number of hydrogen-bond donors (Lipinski definition) is 2. The van der Waals surface area contributed by atoms with Crippen LogP contribution in [0.25, 0.3) is 0 Å². The van der Waals surface area contributed by atoms with E-state index in [0.717, 1.165) is 53.4 Å². The van der Waals surface area contributed by atoms with Crippen LogP contribution in [0.15, 0.2) is 21.6 Å². The minimum Gasteiger partial charge on any atom is -0.454 e. The zero-order chi connectivity index (χ0) is 17.6. The van der Waals surface area contributed by atoms with E-state index in [1.807, 2.05) is 13.1 Å². The molecule has 2 aliphatic rings. The molecule has 2 aliphatic heterocycles. The SMILES string of the molecule is CCCN1CCC(NC(=NC)NCc2cc(Br)c3c(c2)OCO3)CC1. The van der Waals surface area contributed by atoms with E-state index in [0.29, 0.717) is 12.6 Å². The lowest BCUT2D eigenvalue weighted by Gasteiger charge is -2.32. The summed E-state index contributed by atoms with van der Waals surface area (Å²) in [5, 5.41) is 6.95. The van der Waals surface area contributed by atoms with Crippen molar-refractivity contribution < 1.29 is 9.47 Å². The van der Waals surface area contributed by atoms with Gasteiger partial charge in [0, 0.05) is 32.7 Å². The lowest BCUT2D eigenvalue weighted by molar-refractivity contribution is 0.173. The standard InChI is InChI=1S/C18H27BrN4O2/c1-3-6-23-7-4-14(5-8-23)22-18(20-2)21-11-13-9-15(19)17-16(10-13)24-12-25-17/h9-10,14H,3-8,11-12H2,1-2H3,(H2,20,21,22). The third-order valence-electron chi connectivity index (χ3n) is 4.64. The Bertz CT molecular complexity index is 615. The highest BCUT2D eigenvalue weighted by Crippen LogP contribution is 2.39. The van der Waals surface area contributed by atoms with E-state index in [9.17, 15) is 0 Å². The van der Waals surface area contributed by atoms with Gasteiger partial charge in [-0.15, -0.1) is 0 Å². The average Bonchev–Trinajstić information content (AvgIpc) is 3.09. The van der Waals surface area contributed by atoms with E-state index >= 15 is 0 Å². The van der Waals surface area contributed by atoms with Gasteiger partial charge in [0.2, 0.25) is 6.79 Å². The molecule has 3 rings (SSSR count). The number of piperidine rings is 1. The average molecular weight is 411 g/mol. The molecule has 1 aromatic rings. The van der Waals surface area contributed by atoms with Crippen LogP contribution in [0.5, 0.6) is 11.5 Å². The van der Waals surface area contributed by atoms with Crippen LogP contribution in [0, 0.1) is 0 Å². The smallest absolute Gasteiger partial charge is 0.231 e. The molecule has 1 saturated heterocycles. The molecule has 1 fully saturated rings. The highest BCUT2D eigenvalue weighted by atomic mass is 79.9. The second-order valence-corrected chi connectivity index (χ2v) is 7.35. The van der Waals surface area contributed by atoms with E-state index in [-0.39, 0.29) is 6.79 Å². The quantitative estimate of drug-likeness (QED) is 0.577. The summed E-state index contributed by atoms with van der Waals surface area (Å²) >= 11 is 3.54. The summed E-state index contributed by atoms with van der Waals surface area (Å²) in [5.74, 6) is 2.42. The molecule has 0 spiro atoms. The van der Waals surface area contributed by atoms with Crippen molar-refractivity contribution in [3.63, 3.8) is 0 Å². The number of hydrogen-bond acceptors (Lipinski definition) is 4. The summed E-state index contributed by atoms with van der Waals surface area (Å²) in [4.78, 5) is 6.90. The Labute approximate surface area is 158 Å². The highest BCUT2D eigenvalue weighted by molar-refractivity contribution is 9.10. The number of benzene rings is 1. The number of fused-ring (bicyclic) bond motifs is 1. The van der Waals surface area contributed by atoms with Crippen LogP contribution >= 0.6 is 15.9 Å². The second kappa shape index (κ2) is 8.76. The zero-order valence-corrected chi connectivity index (χ0v) is 16.6. The van der Waals surface area contributed by atoms with Gasteiger partial charge in [0.15, 0.2) is 17.5 Å². The molecule has 0 atom stereocenters. The Morgan fingerprint density at radius 3 is 2.84 bits per heavy atom. The van der Waals surface area contributed by atoms with E-state index < -0.39 is 0 Å². The van der Waals surface area contributed by atoms with Crippen molar-refractivity contribution in [1.29, 1.82) is 0 Å². The summed E-state index contributed by atoms with van der Waals surface area (Å²) in [6, 6.07) is 4.55. The number of ether oxygens (including phenoxy) is 2. The largest absolute Gasteiger partial charge is 0.454 e. The van der Waals surface area contributed by atoms with Crippen LogP contribution in [0.3, 0.4) is 0 Å². The number of halogens is 1. The number of rotatable bonds is 5. The van der Waals surface area contributed by atoms with E-state index in [1.165, 1.54) is 13.0 Å². The van der Waals surface area contributed by atoms with Gasteiger partial charge in [0.1, 0.15) is 0 Å². The first kappa shape index (κ1) is 18.3. The molecule has 6 nitrogen and oxygen atoms in total. The van der Waals surface area contributed by atoms with E-state index in [1.54, 1.807) is 0 Å². The molecule has 25 heavy (non-hydrogen) atoms. The maximum Gasteiger partial charge on any atom is 0.231 e. The molecule has 0 radical (unpaired) electrons. The molecule has 2 heterocycles. The molecule has 0 unspecified atom stereocenters. The number of nitrogens with one attached hydrogen (secondary N) is 2. The van der Waals surface area contributed by atoms with Crippen LogP contribution < -0.4 is 20.1 Å². The van der Waals surface area contributed by atoms with Crippen LogP contribution in [-0.4, -0.2) is 50.4 Å². The molecule has 7 heteroatoms. The molecule has 1 aromatic carbocycles. The first-order chi connectivity index (χ1) is 12.2. The summed E-state index contributed by atoms with van der Waals surface area (Å²) < 4.78 is 11.8. The van der Waals surface area contributed by atoms with Crippen molar-refractivity contribution in [2.24, 2.45) is 4.99 Å². The predicted octanol–water partition coefficient (Wildman–Crippen LogP) is 2.72. The number of guanidine groups is 1. The summed E-state index contributed by atoms with van der Waals surface area (Å²) in [5.41, 5.74) is 1.12. The fourth-order valence-electron chi connectivity index (χ4n) is 3.31. The van der Waals surface area contributed by atoms with Crippen LogP contribution in [-0.2, 0) is 6.54 Å². The van der Waals surface area contributed by atoms with Gasteiger partial charge in [0.25, 0.3) is 0 Å². The van der Waals surface area contributed by atoms with Crippen molar-refractivity contribution in [2.45, 2.75) is 38.8 Å². The van der Waals surface area contributed by atoms with Gasteiger partial charge in [-0.25, -0.2) is 0 Å². The van der Waals surface area contributed by atoms with Crippen molar-refractivity contribution in [2.75, 3.05) is 33.5 Å². The molecule has 0 saturated carbocycles. The fourth-order valence-corrected chi connectivity index (χ4v) is 3.92. The topological polar surface area (TPSA) is 58.1 Å². The summed E-state index contributed by atoms with van der Waals surface area (Å²) in [7, 11) is 1.82. The maximum absolute atomic E-state index is 5.47. The minimum absolute atomic E-state index is 0.283. The van der Waals surface area contributed by atoms with Gasteiger partial charge < -0.3 is 25.0 Å². The second-order valence-electron chi connectivity index (χ2n) is 6.50. The van der Waals surface area contributed by atoms with Crippen molar-refractivity contribution in [3.05, 3.63) is 22.2 Å². The molecular weight excluding hydrogens is 384 g/mol. The summed E-state index contributed by atoms with van der Waals surface area (Å²) in [6.45, 7) is 6.74. The van der Waals surface area contributed by atoms with Gasteiger partial charge in [-0.2, -0.15) is 0 Å². The Hall–Kier alpha value is -1.47. The van der Waals surface area contributed by atoms with Gasteiger partial charge in [-0.05, 0) is 59.4 Å². The monoisotopic (exact) mass is 410 g/mol. The lowest BCUT2D eigenvalue weighted by atomic mass is 10.1. The first-order valence-corrected chi connectivity index (χ1v) is 9.76. The van der Waals surface area contributed by atoms with Gasteiger partial charge in [-0.3, -0.25) is 4.99 Å². The first-order valence-electron chi connectivity index (χ1n) is 8.97. The van der Waals surface area contributed by atoms with Crippen LogP contribution in [0.2, 0.25) is 0 Å². The van der Waals surface area contributed by atoms with Crippen molar-refractivity contribution in [1.82, 2.24) is 15.5 Å². The lowest BCUT2D eigenvalue weighted by Crippen LogP contribution is -2.48. The normalized spacial score (nSPS) is 18.4. The van der Waals surface area contributed by atoms with E-state index in [4.69, 9.17) is 9.47 Å². The maximum atomic E-state index is 5.47. The molecule has 138 valence electrons. The molecule has 2 N–H and O–H groups in total. The van der Waals surface area contributed by atoms with Gasteiger partial charge in [0.05, 0.1) is 4.47 Å². The Morgan fingerprint density at radius 1 is 1.32 bits per heavy atom. The van der Waals surface area contributed by atoms with E-state index in [2.05, 4.69) is 49.4 Å². The third kappa shape index (κ3) is 4.79. The Balaban J connectivity index is 1.49. The molecule has 0 amide bonds. The van der Waals surface area contributed by atoms with Crippen LogP contribution in [0.1, 0.15) is 31.7 Å². The Morgan fingerprint density at radius 2 is 2.12 bits per heavy atom. The molecular formula is C18H27BrN4O2. The molecule has 0 bridgehead atoms. The van der Waals surface area contributed by atoms with Crippen LogP contribution in [0.4, 0.5) is 0 Å². The third-order valence-corrected chi connectivity index (χ3v) is 5.23. The van der Waals surface area contributed by atoms with Gasteiger partial charge >= 0.3 is 0 Å². The number of likely N-dealkylation sites (tertiary alicyclic amines) is 1. The van der Waals surface area contributed by atoms with Crippen molar-refractivity contribution >= 4 is 21.9 Å². The zero-order valence-electron chi connectivity index (χ0n) is 15.0. The van der Waals surface area contributed by atoms with Crippen molar-refractivity contribution in [3.8, 4) is 11.5 Å². The predicted molar refractivity (Wildman–Crippen MR) is 103 cm³/mol. The molecule has 0 aliphatic carbocycles. The molecule has 0 aromatic heterocycles. The Kier molecular flexibility index (Phi) is 6.42. The number of nitrogens with zero attached hydrogens (tertiary/aromatic N) is 2. The minimum atomic E-state index is 0.283. The number of aliphatic imine (C=N–C) groups is 1. The van der Waals surface area contributed by atoms with Gasteiger partial charge in [-0.1, -0.05) is 6.92 Å². The highest BCUT2D eigenvalue weighted by Gasteiger charge is 2.20. The summed E-state index contributed by atoms with van der Waals surface area (Å²) in [6.07, 6.45) is 3.55. The fraction of sp³-hybridized carbons (Fsp3) is 0.611.